The molecule has 0 saturated carbocycles. The minimum Gasteiger partial charge on any atom is -0.381 e. The van der Waals surface area contributed by atoms with Gasteiger partial charge in [0, 0.05) is 25.3 Å². The Morgan fingerprint density at radius 2 is 2.00 bits per heavy atom. The summed E-state index contributed by atoms with van der Waals surface area (Å²) in [6.07, 6.45) is 2.15. The van der Waals surface area contributed by atoms with Crippen LogP contribution in [0.25, 0.3) is 0 Å². The van der Waals surface area contributed by atoms with Crippen LogP contribution in [0.2, 0.25) is 10.0 Å². The third-order valence-corrected chi connectivity index (χ3v) is 4.30. The van der Waals surface area contributed by atoms with Crippen molar-refractivity contribution in [2.75, 3.05) is 33.4 Å². The van der Waals surface area contributed by atoms with Gasteiger partial charge < -0.3 is 4.74 Å². The summed E-state index contributed by atoms with van der Waals surface area (Å²) >= 11 is 11.8. The normalized spacial score (nSPS) is 16.6. The molecular weight excluding hydrogens is 297 g/mol. The Balaban J connectivity index is 1.87. The van der Waals surface area contributed by atoms with Crippen molar-refractivity contribution in [2.45, 2.75) is 12.8 Å². The molecule has 0 atom stereocenters. The molecule has 0 aliphatic carbocycles. The summed E-state index contributed by atoms with van der Waals surface area (Å²) in [6.45, 7) is 2.99. The van der Waals surface area contributed by atoms with E-state index in [0.29, 0.717) is 28.1 Å². The highest BCUT2D eigenvalue weighted by molar-refractivity contribution is 6.42. The highest BCUT2D eigenvalue weighted by Crippen LogP contribution is 2.23. The fraction of sp³-hybridized carbons (Fsp3) is 0.533. The van der Waals surface area contributed by atoms with Crippen molar-refractivity contribution in [1.82, 2.24) is 4.90 Å². The van der Waals surface area contributed by atoms with Crippen LogP contribution in [0, 0.1) is 5.92 Å². The van der Waals surface area contributed by atoms with Gasteiger partial charge >= 0.3 is 0 Å². The predicted octanol–water partition coefficient (Wildman–Crippen LogP) is 3.53. The molecule has 0 radical (unpaired) electrons. The molecule has 0 spiro atoms. The molecule has 1 fully saturated rings. The maximum absolute atomic E-state index is 12.2. The molecule has 0 N–H and O–H groups in total. The number of Topliss-reactive ketones (excluding diaryl/α,β-unsaturated/α-hetero) is 1. The Bertz CT molecular complexity index is 473. The van der Waals surface area contributed by atoms with Crippen molar-refractivity contribution < 1.29 is 9.53 Å². The number of ether oxygens (including phenoxy) is 1. The molecule has 1 aromatic carbocycles. The molecule has 1 saturated heterocycles. The quantitative estimate of drug-likeness (QED) is 0.778. The summed E-state index contributed by atoms with van der Waals surface area (Å²) in [4.78, 5) is 14.3. The molecule has 20 heavy (non-hydrogen) atoms. The van der Waals surface area contributed by atoms with E-state index < -0.39 is 0 Å². The van der Waals surface area contributed by atoms with Crippen LogP contribution in [0.4, 0.5) is 0 Å². The van der Waals surface area contributed by atoms with Crippen LogP contribution in [0.3, 0.4) is 0 Å². The van der Waals surface area contributed by atoms with Crippen LogP contribution in [0.15, 0.2) is 18.2 Å². The minimum absolute atomic E-state index is 0.0677. The molecule has 5 heteroatoms. The molecule has 3 nitrogen and oxygen atoms in total. The van der Waals surface area contributed by atoms with E-state index in [4.69, 9.17) is 27.9 Å². The van der Waals surface area contributed by atoms with Crippen molar-refractivity contribution >= 4 is 29.0 Å². The Morgan fingerprint density at radius 3 is 2.65 bits per heavy atom. The SMILES string of the molecule is CN(CC(=O)c1ccc(Cl)c(Cl)c1)CC1CCOCC1. The van der Waals surface area contributed by atoms with Gasteiger partial charge in [0.05, 0.1) is 16.6 Å². The molecule has 1 aliphatic heterocycles. The first-order chi connectivity index (χ1) is 9.56. The topological polar surface area (TPSA) is 29.5 Å². The monoisotopic (exact) mass is 315 g/mol. The van der Waals surface area contributed by atoms with E-state index in [2.05, 4.69) is 4.90 Å². The molecule has 1 heterocycles. The van der Waals surface area contributed by atoms with Crippen LogP contribution in [-0.4, -0.2) is 44.0 Å². The first kappa shape index (κ1) is 15.8. The van der Waals surface area contributed by atoms with Gasteiger partial charge in [-0.2, -0.15) is 0 Å². The number of hydrogen-bond acceptors (Lipinski definition) is 3. The Hall–Kier alpha value is -0.610. The van der Waals surface area contributed by atoms with Crippen LogP contribution in [0.1, 0.15) is 23.2 Å². The number of likely N-dealkylation sites (N-methyl/N-ethyl adjacent to an activating group) is 1. The van der Waals surface area contributed by atoms with Gasteiger partial charge in [0.1, 0.15) is 0 Å². The van der Waals surface area contributed by atoms with E-state index in [1.165, 1.54) is 0 Å². The summed E-state index contributed by atoms with van der Waals surface area (Å²) in [7, 11) is 1.98. The summed E-state index contributed by atoms with van der Waals surface area (Å²) in [5.74, 6) is 0.688. The lowest BCUT2D eigenvalue weighted by molar-refractivity contribution is 0.0549. The number of carbonyl (C=O) groups is 1. The fourth-order valence-corrected chi connectivity index (χ4v) is 2.74. The van der Waals surface area contributed by atoms with E-state index in [9.17, 15) is 4.79 Å². The van der Waals surface area contributed by atoms with Crippen LogP contribution >= 0.6 is 23.2 Å². The smallest absolute Gasteiger partial charge is 0.176 e. The van der Waals surface area contributed by atoms with E-state index in [-0.39, 0.29) is 5.78 Å². The van der Waals surface area contributed by atoms with Gasteiger partial charge in [-0.05, 0) is 44.0 Å². The largest absolute Gasteiger partial charge is 0.381 e. The Morgan fingerprint density at radius 1 is 1.30 bits per heavy atom. The average Bonchev–Trinajstić information content (AvgIpc) is 2.42. The van der Waals surface area contributed by atoms with E-state index >= 15 is 0 Å². The minimum atomic E-state index is 0.0677. The second-order valence-electron chi connectivity index (χ2n) is 5.30. The van der Waals surface area contributed by atoms with Gasteiger partial charge in [0.15, 0.2) is 5.78 Å². The van der Waals surface area contributed by atoms with Crippen LogP contribution < -0.4 is 0 Å². The standard InChI is InChI=1S/C15H19Cl2NO2/c1-18(9-11-4-6-20-7-5-11)10-15(19)12-2-3-13(16)14(17)8-12/h2-3,8,11H,4-7,9-10H2,1H3. The van der Waals surface area contributed by atoms with Crippen molar-refractivity contribution in [3.8, 4) is 0 Å². The maximum Gasteiger partial charge on any atom is 0.176 e. The van der Waals surface area contributed by atoms with Gasteiger partial charge in [-0.25, -0.2) is 0 Å². The summed E-state index contributed by atoms with van der Waals surface area (Å²) in [5.41, 5.74) is 0.609. The molecule has 1 aromatic rings. The summed E-state index contributed by atoms with van der Waals surface area (Å²) in [5, 5.41) is 0.892. The summed E-state index contributed by atoms with van der Waals surface area (Å²) < 4.78 is 5.34. The molecule has 0 aromatic heterocycles. The third kappa shape index (κ3) is 4.45. The molecule has 1 aliphatic rings. The van der Waals surface area contributed by atoms with Crippen molar-refractivity contribution in [3.63, 3.8) is 0 Å². The van der Waals surface area contributed by atoms with Gasteiger partial charge in [0.25, 0.3) is 0 Å². The highest BCUT2D eigenvalue weighted by atomic mass is 35.5. The van der Waals surface area contributed by atoms with E-state index in [1.54, 1.807) is 18.2 Å². The lowest BCUT2D eigenvalue weighted by Gasteiger charge is -2.26. The highest BCUT2D eigenvalue weighted by Gasteiger charge is 2.18. The van der Waals surface area contributed by atoms with Crippen molar-refractivity contribution in [2.24, 2.45) is 5.92 Å². The molecule has 110 valence electrons. The number of carbonyl (C=O) groups excluding carboxylic acids is 1. The molecule has 2 rings (SSSR count). The first-order valence-corrected chi connectivity index (χ1v) is 7.56. The van der Waals surface area contributed by atoms with Gasteiger partial charge in [-0.3, -0.25) is 9.69 Å². The fourth-order valence-electron chi connectivity index (χ4n) is 2.44. The van der Waals surface area contributed by atoms with E-state index in [0.717, 1.165) is 32.6 Å². The molecule has 0 unspecified atom stereocenters. The number of rotatable bonds is 5. The molecular formula is C15H19Cl2NO2. The van der Waals surface area contributed by atoms with Crippen LogP contribution in [-0.2, 0) is 4.74 Å². The Kier molecular flexibility index (Phi) is 5.85. The number of nitrogens with zero attached hydrogens (tertiary/aromatic N) is 1. The lowest BCUT2D eigenvalue weighted by atomic mass is 9.99. The zero-order valence-electron chi connectivity index (χ0n) is 11.6. The van der Waals surface area contributed by atoms with Gasteiger partial charge in [0.2, 0.25) is 0 Å². The number of halogens is 2. The van der Waals surface area contributed by atoms with E-state index in [1.807, 2.05) is 7.05 Å². The molecule has 0 amide bonds. The second kappa shape index (κ2) is 7.41. The maximum atomic E-state index is 12.2. The Labute approximate surface area is 129 Å². The van der Waals surface area contributed by atoms with Crippen LogP contribution in [0.5, 0.6) is 0 Å². The lowest BCUT2D eigenvalue weighted by Crippen LogP contribution is -2.33. The van der Waals surface area contributed by atoms with Gasteiger partial charge in [-0.15, -0.1) is 0 Å². The van der Waals surface area contributed by atoms with Gasteiger partial charge in [-0.1, -0.05) is 23.2 Å². The third-order valence-electron chi connectivity index (χ3n) is 3.57. The van der Waals surface area contributed by atoms with Crippen molar-refractivity contribution in [1.29, 1.82) is 0 Å². The summed E-state index contributed by atoms with van der Waals surface area (Å²) in [6, 6.07) is 5.02. The predicted molar refractivity (Wildman–Crippen MR) is 81.8 cm³/mol. The number of hydrogen-bond donors (Lipinski definition) is 0. The van der Waals surface area contributed by atoms with Crippen molar-refractivity contribution in [3.05, 3.63) is 33.8 Å². The first-order valence-electron chi connectivity index (χ1n) is 6.81. The second-order valence-corrected chi connectivity index (χ2v) is 6.12. The number of ketones is 1. The zero-order chi connectivity index (χ0) is 14.5. The number of benzene rings is 1. The average molecular weight is 316 g/mol. The molecule has 0 bridgehead atoms. The zero-order valence-corrected chi connectivity index (χ0v) is 13.1.